The van der Waals surface area contributed by atoms with Gasteiger partial charge in [0, 0.05) is 19.6 Å². The highest BCUT2D eigenvalue weighted by molar-refractivity contribution is 4.70. The van der Waals surface area contributed by atoms with Gasteiger partial charge in [-0.2, -0.15) is 4.91 Å². The minimum absolute atomic E-state index is 0.313. The van der Waals surface area contributed by atoms with Crippen molar-refractivity contribution in [3.8, 4) is 0 Å². The summed E-state index contributed by atoms with van der Waals surface area (Å²) in [6, 6.07) is -0.313. The predicted molar refractivity (Wildman–Crippen MR) is 55.1 cm³/mol. The molecule has 0 spiro atoms. The molecule has 5 heteroatoms. The SMILES string of the molecule is CC(O)CN(CC(C)O)CC(C)N=O. The van der Waals surface area contributed by atoms with Gasteiger partial charge in [-0.25, -0.2) is 0 Å². The third-order valence-corrected chi connectivity index (χ3v) is 1.75. The van der Waals surface area contributed by atoms with E-state index >= 15 is 0 Å². The first-order valence-corrected chi connectivity index (χ1v) is 4.86. The van der Waals surface area contributed by atoms with Crippen LogP contribution >= 0.6 is 0 Å². The third-order valence-electron chi connectivity index (χ3n) is 1.75. The first-order chi connectivity index (χ1) is 6.45. The molecule has 0 aliphatic carbocycles. The molecule has 0 aromatic carbocycles. The molecule has 0 heterocycles. The van der Waals surface area contributed by atoms with Gasteiger partial charge in [0.25, 0.3) is 0 Å². The summed E-state index contributed by atoms with van der Waals surface area (Å²) in [5, 5.41) is 21.3. The Kier molecular flexibility index (Phi) is 6.61. The Bertz CT molecular complexity index is 152. The van der Waals surface area contributed by atoms with Crippen LogP contribution in [0.5, 0.6) is 0 Å². The Morgan fingerprint density at radius 3 is 1.79 bits per heavy atom. The molecule has 14 heavy (non-hydrogen) atoms. The topological polar surface area (TPSA) is 73.1 Å². The maximum atomic E-state index is 10.2. The summed E-state index contributed by atoms with van der Waals surface area (Å²) >= 11 is 0. The second-order valence-electron chi connectivity index (χ2n) is 3.87. The maximum Gasteiger partial charge on any atom is 0.102 e. The summed E-state index contributed by atoms with van der Waals surface area (Å²) in [7, 11) is 0. The largest absolute Gasteiger partial charge is 0.392 e. The fourth-order valence-electron chi connectivity index (χ4n) is 1.38. The summed E-state index contributed by atoms with van der Waals surface area (Å²) in [4.78, 5) is 12.0. The Morgan fingerprint density at radius 2 is 1.50 bits per heavy atom. The van der Waals surface area contributed by atoms with E-state index in [2.05, 4.69) is 5.18 Å². The number of hydrogen-bond acceptors (Lipinski definition) is 5. The van der Waals surface area contributed by atoms with Gasteiger partial charge in [0.2, 0.25) is 0 Å². The summed E-state index contributed by atoms with van der Waals surface area (Å²) in [5.41, 5.74) is 0. The molecule has 0 saturated heterocycles. The Balaban J connectivity index is 4.02. The third kappa shape index (κ3) is 6.94. The lowest BCUT2D eigenvalue weighted by molar-refractivity contribution is 0.0812. The van der Waals surface area contributed by atoms with Crippen LogP contribution in [-0.2, 0) is 0 Å². The molecule has 0 rings (SSSR count). The first kappa shape index (κ1) is 13.5. The molecule has 0 bridgehead atoms. The number of nitroso groups, excluding NO2 is 1. The van der Waals surface area contributed by atoms with Gasteiger partial charge in [-0.1, -0.05) is 5.18 Å². The second kappa shape index (κ2) is 6.86. The van der Waals surface area contributed by atoms with Crippen molar-refractivity contribution in [2.75, 3.05) is 19.6 Å². The van der Waals surface area contributed by atoms with Crippen molar-refractivity contribution < 1.29 is 10.2 Å². The molecule has 0 aliphatic rings. The van der Waals surface area contributed by atoms with Crippen molar-refractivity contribution in [1.29, 1.82) is 0 Å². The smallest absolute Gasteiger partial charge is 0.102 e. The lowest BCUT2D eigenvalue weighted by Gasteiger charge is -2.25. The summed E-state index contributed by atoms with van der Waals surface area (Å²) in [5.74, 6) is 0. The van der Waals surface area contributed by atoms with Crippen molar-refractivity contribution in [2.24, 2.45) is 5.18 Å². The molecule has 3 atom stereocenters. The van der Waals surface area contributed by atoms with Crippen LogP contribution in [0.25, 0.3) is 0 Å². The number of aliphatic hydroxyl groups is 2. The highest BCUT2D eigenvalue weighted by Crippen LogP contribution is 2.00. The van der Waals surface area contributed by atoms with Gasteiger partial charge in [0.05, 0.1) is 12.2 Å². The monoisotopic (exact) mass is 204 g/mol. The van der Waals surface area contributed by atoms with Gasteiger partial charge in [-0.15, -0.1) is 0 Å². The Morgan fingerprint density at radius 1 is 1.07 bits per heavy atom. The quantitative estimate of drug-likeness (QED) is 0.581. The molecular formula is C9H20N2O3. The summed E-state index contributed by atoms with van der Waals surface area (Å²) in [6.07, 6.45) is -0.930. The molecule has 5 nitrogen and oxygen atoms in total. The normalized spacial score (nSPS) is 17.9. The van der Waals surface area contributed by atoms with Crippen LogP contribution in [0.2, 0.25) is 0 Å². The Hall–Kier alpha value is -0.520. The van der Waals surface area contributed by atoms with Crippen LogP contribution < -0.4 is 0 Å². The van der Waals surface area contributed by atoms with Gasteiger partial charge in [0.1, 0.15) is 6.04 Å². The second-order valence-corrected chi connectivity index (χ2v) is 3.87. The first-order valence-electron chi connectivity index (χ1n) is 4.86. The van der Waals surface area contributed by atoms with E-state index in [0.717, 1.165) is 0 Å². The molecule has 2 N–H and O–H groups in total. The van der Waals surface area contributed by atoms with Crippen LogP contribution in [0.15, 0.2) is 5.18 Å². The highest BCUT2D eigenvalue weighted by Gasteiger charge is 2.14. The van der Waals surface area contributed by atoms with Crippen LogP contribution in [0.1, 0.15) is 20.8 Å². The highest BCUT2D eigenvalue weighted by atomic mass is 16.3. The fourth-order valence-corrected chi connectivity index (χ4v) is 1.38. The standard InChI is InChI=1S/C9H20N2O3/c1-7(10-14)4-11(5-8(2)12)6-9(3)13/h7-9,12-13H,4-6H2,1-3H3. The zero-order valence-electron chi connectivity index (χ0n) is 9.05. The molecule has 0 aromatic heterocycles. The summed E-state index contributed by atoms with van der Waals surface area (Å²) in [6.45, 7) is 6.43. The number of hydrogen-bond donors (Lipinski definition) is 2. The van der Waals surface area contributed by atoms with E-state index in [0.29, 0.717) is 19.6 Å². The van der Waals surface area contributed by atoms with Gasteiger partial charge < -0.3 is 10.2 Å². The fraction of sp³-hybridized carbons (Fsp3) is 1.00. The summed E-state index contributed by atoms with van der Waals surface area (Å²) < 4.78 is 0. The van der Waals surface area contributed by atoms with Gasteiger partial charge >= 0.3 is 0 Å². The van der Waals surface area contributed by atoms with E-state index in [1.165, 1.54) is 0 Å². The van der Waals surface area contributed by atoms with E-state index in [9.17, 15) is 15.1 Å². The molecule has 0 aliphatic heterocycles. The molecule has 0 saturated carbocycles. The zero-order valence-corrected chi connectivity index (χ0v) is 9.05. The van der Waals surface area contributed by atoms with Crippen LogP contribution in [-0.4, -0.2) is 53.0 Å². The van der Waals surface area contributed by atoms with Crippen LogP contribution in [0, 0.1) is 4.91 Å². The maximum absolute atomic E-state index is 10.2. The predicted octanol–water partition coefficient (Wildman–Crippen LogP) is 0.205. The van der Waals surface area contributed by atoms with Crippen molar-refractivity contribution in [2.45, 2.75) is 39.0 Å². The van der Waals surface area contributed by atoms with Crippen LogP contribution in [0.4, 0.5) is 0 Å². The average molecular weight is 204 g/mol. The molecule has 0 aromatic rings. The minimum Gasteiger partial charge on any atom is -0.392 e. The van der Waals surface area contributed by atoms with E-state index in [4.69, 9.17) is 0 Å². The lowest BCUT2D eigenvalue weighted by Crippen LogP contribution is -2.39. The van der Waals surface area contributed by atoms with Gasteiger partial charge in [-0.3, -0.25) is 4.90 Å². The number of nitrogens with zero attached hydrogens (tertiary/aromatic N) is 2. The van der Waals surface area contributed by atoms with Gasteiger partial charge in [0.15, 0.2) is 0 Å². The minimum atomic E-state index is -0.465. The molecule has 0 amide bonds. The molecule has 0 radical (unpaired) electrons. The zero-order chi connectivity index (χ0) is 11.1. The van der Waals surface area contributed by atoms with E-state index in [-0.39, 0.29) is 6.04 Å². The molecule has 84 valence electrons. The average Bonchev–Trinajstić information content (AvgIpc) is 2.01. The molecule has 0 fully saturated rings. The van der Waals surface area contributed by atoms with E-state index in [1.54, 1.807) is 20.8 Å². The van der Waals surface area contributed by atoms with Crippen molar-refractivity contribution in [1.82, 2.24) is 4.90 Å². The Labute approximate surface area is 84.7 Å². The van der Waals surface area contributed by atoms with Crippen LogP contribution in [0.3, 0.4) is 0 Å². The van der Waals surface area contributed by atoms with Crippen molar-refractivity contribution in [3.63, 3.8) is 0 Å². The lowest BCUT2D eigenvalue weighted by atomic mass is 10.2. The number of aliphatic hydroxyl groups excluding tert-OH is 2. The molecular weight excluding hydrogens is 184 g/mol. The van der Waals surface area contributed by atoms with Crippen molar-refractivity contribution in [3.05, 3.63) is 4.91 Å². The van der Waals surface area contributed by atoms with Crippen molar-refractivity contribution >= 4 is 0 Å². The van der Waals surface area contributed by atoms with E-state index < -0.39 is 12.2 Å². The van der Waals surface area contributed by atoms with Gasteiger partial charge in [-0.05, 0) is 20.8 Å². The molecule has 3 unspecified atom stereocenters. The van der Waals surface area contributed by atoms with E-state index in [1.807, 2.05) is 4.90 Å². The number of rotatable bonds is 7.